The van der Waals surface area contributed by atoms with Crippen molar-refractivity contribution in [3.8, 4) is 5.75 Å². The molecule has 1 aromatic carbocycles. The zero-order chi connectivity index (χ0) is 14.7. The number of unbranched alkanes of at least 4 members (excludes halogenated alkanes) is 1. The number of fused-ring (bicyclic) bond motifs is 1. The van der Waals surface area contributed by atoms with Gasteiger partial charge in [0.2, 0.25) is 0 Å². The van der Waals surface area contributed by atoms with Crippen LogP contribution in [0.5, 0.6) is 5.75 Å². The Bertz CT molecular complexity index is 661. The van der Waals surface area contributed by atoms with Crippen LogP contribution in [-0.2, 0) is 6.54 Å². The molecule has 0 unspecified atom stereocenters. The Hall–Kier alpha value is -1.81. The van der Waals surface area contributed by atoms with E-state index in [-0.39, 0.29) is 11.4 Å². The molecule has 0 saturated heterocycles. The minimum absolute atomic E-state index is 0.150. The van der Waals surface area contributed by atoms with Gasteiger partial charge in [0, 0.05) is 23.6 Å². The van der Waals surface area contributed by atoms with Gasteiger partial charge in [-0.05, 0) is 44.6 Å². The second-order valence-electron chi connectivity index (χ2n) is 5.27. The molecule has 0 saturated carbocycles. The lowest BCUT2D eigenvalue weighted by atomic mass is 10.1. The highest BCUT2D eigenvalue weighted by Crippen LogP contribution is 2.27. The van der Waals surface area contributed by atoms with Gasteiger partial charge in [0.15, 0.2) is 0 Å². The van der Waals surface area contributed by atoms with Crippen molar-refractivity contribution in [1.82, 2.24) is 4.90 Å². The third-order valence-electron chi connectivity index (χ3n) is 3.55. The zero-order valence-electron chi connectivity index (χ0n) is 12.3. The third-order valence-corrected chi connectivity index (χ3v) is 3.55. The van der Waals surface area contributed by atoms with Crippen LogP contribution in [0.2, 0.25) is 0 Å². The summed E-state index contributed by atoms with van der Waals surface area (Å²) >= 11 is 0. The Labute approximate surface area is 118 Å². The fourth-order valence-corrected chi connectivity index (χ4v) is 2.34. The monoisotopic (exact) mass is 275 g/mol. The second-order valence-corrected chi connectivity index (χ2v) is 5.27. The molecule has 1 heterocycles. The topological polar surface area (TPSA) is 53.7 Å². The van der Waals surface area contributed by atoms with E-state index in [4.69, 9.17) is 4.42 Å². The molecule has 0 aliphatic carbocycles. The maximum absolute atomic E-state index is 11.7. The van der Waals surface area contributed by atoms with E-state index in [0.29, 0.717) is 17.7 Å². The molecule has 0 aliphatic heterocycles. The van der Waals surface area contributed by atoms with Gasteiger partial charge in [0.25, 0.3) is 0 Å². The van der Waals surface area contributed by atoms with Gasteiger partial charge in [-0.3, -0.25) is 0 Å². The summed E-state index contributed by atoms with van der Waals surface area (Å²) in [7, 11) is 2.05. The molecule has 4 heteroatoms. The second kappa shape index (κ2) is 6.09. The molecule has 0 fully saturated rings. The summed E-state index contributed by atoms with van der Waals surface area (Å²) in [4.78, 5) is 13.9. The lowest BCUT2D eigenvalue weighted by Crippen LogP contribution is -2.20. The van der Waals surface area contributed by atoms with Crippen molar-refractivity contribution >= 4 is 11.0 Å². The molecule has 0 radical (unpaired) electrons. The lowest BCUT2D eigenvalue weighted by Gasteiger charge is -2.17. The Kier molecular flexibility index (Phi) is 4.45. The van der Waals surface area contributed by atoms with Crippen molar-refractivity contribution in [1.29, 1.82) is 0 Å². The molecule has 0 amide bonds. The summed E-state index contributed by atoms with van der Waals surface area (Å²) in [5.74, 6) is 0.150. The molecule has 0 bridgehead atoms. The van der Waals surface area contributed by atoms with E-state index in [1.54, 1.807) is 19.1 Å². The highest BCUT2D eigenvalue weighted by Gasteiger charge is 2.11. The third kappa shape index (κ3) is 3.02. The Morgan fingerprint density at radius 2 is 2.10 bits per heavy atom. The number of nitrogens with zero attached hydrogens (tertiary/aromatic N) is 1. The van der Waals surface area contributed by atoms with Crippen LogP contribution in [0.3, 0.4) is 0 Å². The van der Waals surface area contributed by atoms with Crippen LogP contribution < -0.4 is 5.63 Å². The van der Waals surface area contributed by atoms with E-state index in [1.807, 2.05) is 13.1 Å². The van der Waals surface area contributed by atoms with Crippen molar-refractivity contribution < 1.29 is 9.52 Å². The maximum atomic E-state index is 11.7. The van der Waals surface area contributed by atoms with E-state index >= 15 is 0 Å². The largest absolute Gasteiger partial charge is 0.508 e. The minimum atomic E-state index is -0.370. The average molecular weight is 275 g/mol. The van der Waals surface area contributed by atoms with Gasteiger partial charge in [0.1, 0.15) is 11.3 Å². The Morgan fingerprint density at radius 1 is 1.35 bits per heavy atom. The molecule has 1 N–H and O–H groups in total. The van der Waals surface area contributed by atoms with Crippen LogP contribution in [0.1, 0.15) is 30.9 Å². The van der Waals surface area contributed by atoms with Crippen molar-refractivity contribution in [2.45, 2.75) is 33.2 Å². The highest BCUT2D eigenvalue weighted by molar-refractivity contribution is 5.84. The number of benzene rings is 1. The Morgan fingerprint density at radius 3 is 2.80 bits per heavy atom. The van der Waals surface area contributed by atoms with Gasteiger partial charge in [0.05, 0.1) is 0 Å². The van der Waals surface area contributed by atoms with Crippen LogP contribution >= 0.6 is 0 Å². The van der Waals surface area contributed by atoms with E-state index in [2.05, 4.69) is 11.8 Å². The van der Waals surface area contributed by atoms with E-state index in [1.165, 1.54) is 0 Å². The molecule has 2 rings (SSSR count). The Balaban J connectivity index is 2.43. The number of hydrogen-bond donors (Lipinski definition) is 1. The molecule has 20 heavy (non-hydrogen) atoms. The SMILES string of the molecule is CCCCN(C)Cc1cc(=O)oc2c(C)c(O)ccc12. The average Bonchev–Trinajstić information content (AvgIpc) is 2.41. The van der Waals surface area contributed by atoms with E-state index in [9.17, 15) is 9.90 Å². The van der Waals surface area contributed by atoms with Gasteiger partial charge in [-0.25, -0.2) is 4.79 Å². The van der Waals surface area contributed by atoms with Crippen LogP contribution in [0.4, 0.5) is 0 Å². The summed E-state index contributed by atoms with van der Waals surface area (Å²) in [5.41, 5.74) is 1.66. The first-order valence-electron chi connectivity index (χ1n) is 6.96. The van der Waals surface area contributed by atoms with Gasteiger partial charge in [-0.15, -0.1) is 0 Å². The minimum Gasteiger partial charge on any atom is -0.508 e. The normalized spacial score (nSPS) is 11.4. The van der Waals surface area contributed by atoms with Gasteiger partial charge < -0.3 is 14.4 Å². The van der Waals surface area contributed by atoms with Gasteiger partial charge in [-0.2, -0.15) is 0 Å². The van der Waals surface area contributed by atoms with Crippen LogP contribution in [0, 0.1) is 6.92 Å². The molecule has 1 aromatic heterocycles. The molecule has 2 aromatic rings. The van der Waals surface area contributed by atoms with E-state index < -0.39 is 0 Å². The molecule has 0 atom stereocenters. The molecule has 4 nitrogen and oxygen atoms in total. The zero-order valence-corrected chi connectivity index (χ0v) is 12.3. The fraction of sp³-hybridized carbons (Fsp3) is 0.438. The summed E-state index contributed by atoms with van der Waals surface area (Å²) in [6.07, 6.45) is 2.28. The number of phenolic OH excluding ortho intramolecular Hbond substituents is 1. The predicted octanol–water partition coefficient (Wildman–Crippen LogP) is 3.04. The summed E-state index contributed by atoms with van der Waals surface area (Å²) in [5, 5.41) is 10.6. The predicted molar refractivity (Wildman–Crippen MR) is 80.1 cm³/mol. The van der Waals surface area contributed by atoms with Crippen molar-refractivity contribution in [2.24, 2.45) is 0 Å². The quantitative estimate of drug-likeness (QED) is 0.852. The summed E-state index contributed by atoms with van der Waals surface area (Å²) < 4.78 is 5.24. The number of rotatable bonds is 5. The number of aryl methyl sites for hydroxylation is 1. The highest BCUT2D eigenvalue weighted by atomic mass is 16.4. The van der Waals surface area contributed by atoms with Crippen LogP contribution in [0.15, 0.2) is 27.4 Å². The van der Waals surface area contributed by atoms with Crippen molar-refractivity contribution in [2.75, 3.05) is 13.6 Å². The first-order valence-corrected chi connectivity index (χ1v) is 6.96. The van der Waals surface area contributed by atoms with Gasteiger partial charge in [-0.1, -0.05) is 13.3 Å². The smallest absolute Gasteiger partial charge is 0.336 e. The number of hydrogen-bond acceptors (Lipinski definition) is 4. The molecule has 108 valence electrons. The first-order chi connectivity index (χ1) is 9.52. The van der Waals surface area contributed by atoms with Gasteiger partial charge >= 0.3 is 5.63 Å². The maximum Gasteiger partial charge on any atom is 0.336 e. The first kappa shape index (κ1) is 14.6. The lowest BCUT2D eigenvalue weighted by molar-refractivity contribution is 0.321. The fourth-order valence-electron chi connectivity index (χ4n) is 2.34. The van der Waals surface area contributed by atoms with Crippen LogP contribution in [0.25, 0.3) is 11.0 Å². The van der Waals surface area contributed by atoms with E-state index in [0.717, 1.165) is 30.3 Å². The number of aromatic hydroxyl groups is 1. The molecular formula is C16H21NO3. The van der Waals surface area contributed by atoms with Crippen LogP contribution in [-0.4, -0.2) is 23.6 Å². The van der Waals surface area contributed by atoms with Crippen molar-refractivity contribution in [3.63, 3.8) is 0 Å². The molecular weight excluding hydrogens is 254 g/mol. The standard InChI is InChI=1S/C16H21NO3/c1-4-5-8-17(3)10-12-9-15(19)20-16-11(2)14(18)7-6-13(12)16/h6-7,9,18H,4-5,8,10H2,1-3H3. The summed E-state index contributed by atoms with van der Waals surface area (Å²) in [6.45, 7) is 5.61. The number of phenols is 1. The molecule has 0 spiro atoms. The molecule has 0 aliphatic rings. The summed E-state index contributed by atoms with van der Waals surface area (Å²) in [6, 6.07) is 5.00. The van der Waals surface area contributed by atoms with Crippen molar-refractivity contribution in [3.05, 3.63) is 39.7 Å².